The Morgan fingerprint density at radius 3 is 2.64 bits per heavy atom. The fourth-order valence-corrected chi connectivity index (χ4v) is 3.74. The third-order valence-corrected chi connectivity index (χ3v) is 5.35. The van der Waals surface area contributed by atoms with Crippen LogP contribution in [0.3, 0.4) is 0 Å². The third-order valence-electron chi connectivity index (χ3n) is 4.61. The standard InChI is InChI=1S/C20H22Cl2N2O/c1-23(2)13-19-16-6-4-3-5-15(16)9-10-24(19)20(25)12-14-7-8-17(21)18(22)11-14/h3-8,11,19H,9-10,12-13H2,1-2H3/t19-/m1/s1. The van der Waals surface area contributed by atoms with Crippen LogP contribution in [-0.2, 0) is 17.6 Å². The molecule has 3 rings (SSSR count). The van der Waals surface area contributed by atoms with Gasteiger partial charge >= 0.3 is 0 Å². The Morgan fingerprint density at radius 2 is 1.92 bits per heavy atom. The number of nitrogens with zero attached hydrogens (tertiary/aromatic N) is 2. The van der Waals surface area contributed by atoms with Gasteiger partial charge in [-0.3, -0.25) is 4.79 Å². The Morgan fingerprint density at radius 1 is 1.16 bits per heavy atom. The number of rotatable bonds is 4. The van der Waals surface area contributed by atoms with E-state index >= 15 is 0 Å². The van der Waals surface area contributed by atoms with Gasteiger partial charge in [-0.15, -0.1) is 0 Å². The summed E-state index contributed by atoms with van der Waals surface area (Å²) >= 11 is 12.1. The zero-order valence-electron chi connectivity index (χ0n) is 14.5. The minimum Gasteiger partial charge on any atom is -0.334 e. The highest BCUT2D eigenvalue weighted by Crippen LogP contribution is 2.31. The summed E-state index contributed by atoms with van der Waals surface area (Å²) in [5.74, 6) is 0.125. The summed E-state index contributed by atoms with van der Waals surface area (Å²) in [6, 6.07) is 13.9. The van der Waals surface area contributed by atoms with Crippen molar-refractivity contribution in [2.75, 3.05) is 27.2 Å². The number of hydrogen-bond acceptors (Lipinski definition) is 2. The van der Waals surface area contributed by atoms with Gasteiger partial charge in [-0.05, 0) is 49.3 Å². The van der Waals surface area contributed by atoms with Crippen LogP contribution in [0.25, 0.3) is 0 Å². The zero-order chi connectivity index (χ0) is 18.0. The van der Waals surface area contributed by atoms with Crippen LogP contribution in [0.5, 0.6) is 0 Å². The van der Waals surface area contributed by atoms with E-state index in [1.54, 1.807) is 12.1 Å². The quantitative estimate of drug-likeness (QED) is 0.797. The minimum atomic E-state index is 0.0789. The van der Waals surface area contributed by atoms with Crippen LogP contribution in [0.1, 0.15) is 22.7 Å². The lowest BCUT2D eigenvalue weighted by molar-refractivity contribution is -0.133. The van der Waals surface area contributed by atoms with Crippen LogP contribution in [0.2, 0.25) is 10.0 Å². The van der Waals surface area contributed by atoms with E-state index in [1.165, 1.54) is 11.1 Å². The number of benzene rings is 2. The fraction of sp³-hybridized carbons (Fsp3) is 0.350. The van der Waals surface area contributed by atoms with Crippen molar-refractivity contribution >= 4 is 29.1 Å². The van der Waals surface area contributed by atoms with E-state index in [0.29, 0.717) is 16.5 Å². The van der Waals surface area contributed by atoms with Gasteiger partial charge in [0.25, 0.3) is 0 Å². The lowest BCUT2D eigenvalue weighted by atomic mass is 9.91. The predicted molar refractivity (Wildman–Crippen MR) is 103 cm³/mol. The van der Waals surface area contributed by atoms with E-state index in [-0.39, 0.29) is 11.9 Å². The molecule has 0 aliphatic carbocycles. The Bertz CT molecular complexity index is 776. The number of fused-ring (bicyclic) bond motifs is 1. The summed E-state index contributed by atoms with van der Waals surface area (Å²) in [5, 5.41) is 0.996. The summed E-state index contributed by atoms with van der Waals surface area (Å²) in [4.78, 5) is 17.1. The maximum atomic E-state index is 13.0. The fourth-order valence-electron chi connectivity index (χ4n) is 3.42. The molecule has 1 aliphatic rings. The van der Waals surface area contributed by atoms with Gasteiger partial charge in [0.05, 0.1) is 22.5 Å². The smallest absolute Gasteiger partial charge is 0.227 e. The van der Waals surface area contributed by atoms with E-state index in [9.17, 15) is 4.79 Å². The molecule has 0 aromatic heterocycles. The number of hydrogen-bond donors (Lipinski definition) is 0. The molecule has 5 heteroatoms. The molecule has 1 aliphatic heterocycles. The molecule has 1 amide bonds. The summed E-state index contributed by atoms with van der Waals surface area (Å²) in [6.07, 6.45) is 1.23. The normalized spacial score (nSPS) is 16.8. The van der Waals surface area contributed by atoms with Gasteiger partial charge < -0.3 is 9.80 Å². The van der Waals surface area contributed by atoms with Crippen molar-refractivity contribution in [3.8, 4) is 0 Å². The number of carbonyl (C=O) groups excluding carboxylic acids is 1. The molecule has 0 saturated heterocycles. The van der Waals surface area contributed by atoms with E-state index in [2.05, 4.69) is 29.2 Å². The van der Waals surface area contributed by atoms with Gasteiger partial charge in [-0.1, -0.05) is 53.5 Å². The first kappa shape index (κ1) is 18.2. The van der Waals surface area contributed by atoms with E-state index in [4.69, 9.17) is 23.2 Å². The van der Waals surface area contributed by atoms with Crippen molar-refractivity contribution < 1.29 is 4.79 Å². The Labute approximate surface area is 159 Å². The maximum absolute atomic E-state index is 13.0. The van der Waals surface area contributed by atoms with Crippen LogP contribution in [0.15, 0.2) is 42.5 Å². The SMILES string of the molecule is CN(C)C[C@@H]1c2ccccc2CCN1C(=O)Cc1ccc(Cl)c(Cl)c1. The topological polar surface area (TPSA) is 23.6 Å². The third kappa shape index (κ3) is 4.17. The van der Waals surface area contributed by atoms with Crippen molar-refractivity contribution in [1.29, 1.82) is 0 Å². The summed E-state index contributed by atoms with van der Waals surface area (Å²) < 4.78 is 0. The predicted octanol–water partition coefficient (Wildman–Crippen LogP) is 4.22. The lowest BCUT2D eigenvalue weighted by Gasteiger charge is -2.39. The molecule has 0 fully saturated rings. The molecule has 2 aromatic rings. The largest absolute Gasteiger partial charge is 0.334 e. The highest BCUT2D eigenvalue weighted by molar-refractivity contribution is 6.42. The van der Waals surface area contributed by atoms with Gasteiger partial charge in [-0.25, -0.2) is 0 Å². The van der Waals surface area contributed by atoms with Gasteiger partial charge in [-0.2, -0.15) is 0 Å². The van der Waals surface area contributed by atoms with Crippen LogP contribution in [0.4, 0.5) is 0 Å². The molecule has 0 spiro atoms. The highest BCUT2D eigenvalue weighted by Gasteiger charge is 2.30. The minimum absolute atomic E-state index is 0.0789. The first-order chi connectivity index (χ1) is 12.0. The van der Waals surface area contributed by atoms with Crippen molar-refractivity contribution in [1.82, 2.24) is 9.80 Å². The average molecular weight is 377 g/mol. The monoisotopic (exact) mass is 376 g/mol. The Balaban J connectivity index is 1.84. The maximum Gasteiger partial charge on any atom is 0.227 e. The molecule has 132 valence electrons. The first-order valence-corrected chi connectivity index (χ1v) is 9.17. The summed E-state index contributed by atoms with van der Waals surface area (Å²) in [5.41, 5.74) is 3.49. The first-order valence-electron chi connectivity index (χ1n) is 8.41. The second-order valence-corrected chi connectivity index (χ2v) is 7.55. The molecule has 1 atom stereocenters. The molecular formula is C20H22Cl2N2O. The van der Waals surface area contributed by atoms with E-state index < -0.39 is 0 Å². The van der Waals surface area contributed by atoms with Crippen molar-refractivity contribution in [2.45, 2.75) is 18.9 Å². The second-order valence-electron chi connectivity index (χ2n) is 6.74. The molecule has 0 radical (unpaired) electrons. The molecule has 25 heavy (non-hydrogen) atoms. The van der Waals surface area contributed by atoms with Crippen LogP contribution in [0, 0.1) is 0 Å². The van der Waals surface area contributed by atoms with E-state index in [1.807, 2.05) is 25.1 Å². The molecule has 3 nitrogen and oxygen atoms in total. The Hall–Kier alpha value is -1.55. The average Bonchev–Trinajstić information content (AvgIpc) is 2.58. The van der Waals surface area contributed by atoms with Gasteiger partial charge in [0, 0.05) is 13.1 Å². The number of halogens is 2. The van der Waals surface area contributed by atoms with Crippen molar-refractivity contribution in [2.24, 2.45) is 0 Å². The number of carbonyl (C=O) groups is 1. The molecular weight excluding hydrogens is 355 g/mol. The van der Waals surface area contributed by atoms with Crippen LogP contribution < -0.4 is 0 Å². The summed E-state index contributed by atoms with van der Waals surface area (Å²) in [6.45, 7) is 1.56. The van der Waals surface area contributed by atoms with Gasteiger partial charge in [0.2, 0.25) is 5.91 Å². The Kier molecular flexibility index (Phi) is 5.67. The zero-order valence-corrected chi connectivity index (χ0v) is 16.0. The number of amides is 1. The van der Waals surface area contributed by atoms with Crippen molar-refractivity contribution in [3.05, 3.63) is 69.2 Å². The van der Waals surface area contributed by atoms with Crippen LogP contribution in [-0.4, -0.2) is 42.9 Å². The van der Waals surface area contributed by atoms with Gasteiger partial charge in [0.1, 0.15) is 0 Å². The molecule has 0 saturated carbocycles. The molecule has 1 heterocycles. The highest BCUT2D eigenvalue weighted by atomic mass is 35.5. The lowest BCUT2D eigenvalue weighted by Crippen LogP contribution is -2.44. The van der Waals surface area contributed by atoms with Crippen LogP contribution >= 0.6 is 23.2 Å². The molecule has 0 bridgehead atoms. The molecule has 0 N–H and O–H groups in total. The summed E-state index contributed by atoms with van der Waals surface area (Å²) in [7, 11) is 4.08. The molecule has 0 unspecified atom stereocenters. The second kappa shape index (κ2) is 7.77. The van der Waals surface area contributed by atoms with Gasteiger partial charge in [0.15, 0.2) is 0 Å². The van der Waals surface area contributed by atoms with Crippen molar-refractivity contribution in [3.63, 3.8) is 0 Å². The number of likely N-dealkylation sites (N-methyl/N-ethyl adjacent to an activating group) is 1. The molecule has 2 aromatic carbocycles. The van der Waals surface area contributed by atoms with E-state index in [0.717, 1.165) is 25.1 Å².